The molecule has 2 fully saturated rings. The Kier molecular flexibility index (Phi) is 5.95. The van der Waals surface area contributed by atoms with Gasteiger partial charge in [-0.3, -0.25) is 0 Å². The number of carbonyl (C=O) groups excluding carboxylic acids is 1. The molecule has 0 unspecified atom stereocenters. The molecule has 0 bridgehead atoms. The van der Waals surface area contributed by atoms with Gasteiger partial charge in [-0.2, -0.15) is 0 Å². The molecule has 0 aromatic rings. The molecule has 1 amide bonds. The van der Waals surface area contributed by atoms with E-state index >= 15 is 0 Å². The summed E-state index contributed by atoms with van der Waals surface area (Å²) in [7, 11) is 0. The van der Waals surface area contributed by atoms with Crippen molar-refractivity contribution >= 4 is 6.09 Å². The van der Waals surface area contributed by atoms with Gasteiger partial charge in [-0.15, -0.1) is 0 Å². The molecule has 23 heavy (non-hydrogen) atoms. The number of hydrogen-bond acceptors (Lipinski definition) is 4. The predicted octanol–water partition coefficient (Wildman–Crippen LogP) is 2.97. The van der Waals surface area contributed by atoms with Crippen molar-refractivity contribution < 1.29 is 14.6 Å². The molecule has 2 saturated carbocycles. The van der Waals surface area contributed by atoms with Gasteiger partial charge in [-0.05, 0) is 52.9 Å². The molecule has 0 saturated heterocycles. The van der Waals surface area contributed by atoms with E-state index in [2.05, 4.69) is 10.6 Å². The lowest BCUT2D eigenvalue weighted by molar-refractivity contribution is 0.0363. The molecule has 2 aliphatic rings. The fourth-order valence-electron chi connectivity index (χ4n) is 3.73. The van der Waals surface area contributed by atoms with Gasteiger partial charge < -0.3 is 20.5 Å². The quantitative estimate of drug-likeness (QED) is 0.702. The van der Waals surface area contributed by atoms with Gasteiger partial charge in [0.25, 0.3) is 0 Å². The van der Waals surface area contributed by atoms with E-state index in [1.807, 2.05) is 20.8 Å². The highest BCUT2D eigenvalue weighted by Crippen LogP contribution is 2.36. The van der Waals surface area contributed by atoms with Crippen LogP contribution in [-0.4, -0.2) is 42.0 Å². The number of ether oxygens (including phenoxy) is 1. The Morgan fingerprint density at radius 2 is 1.70 bits per heavy atom. The second kappa shape index (κ2) is 7.39. The van der Waals surface area contributed by atoms with E-state index in [4.69, 9.17) is 4.74 Å². The normalized spacial score (nSPS) is 23.0. The van der Waals surface area contributed by atoms with Crippen molar-refractivity contribution in [3.8, 4) is 0 Å². The van der Waals surface area contributed by atoms with Crippen LogP contribution in [0.4, 0.5) is 4.79 Å². The second-order valence-electron chi connectivity index (χ2n) is 8.58. The summed E-state index contributed by atoms with van der Waals surface area (Å²) < 4.78 is 5.39. The smallest absolute Gasteiger partial charge is 0.408 e. The number of rotatable bonds is 6. The first-order valence-electron chi connectivity index (χ1n) is 9.11. The number of nitrogens with one attached hydrogen (secondary N) is 2. The molecule has 2 aliphatic carbocycles. The molecule has 3 N–H and O–H groups in total. The maximum absolute atomic E-state index is 12.0. The maximum atomic E-state index is 12.0. The molecule has 134 valence electrons. The maximum Gasteiger partial charge on any atom is 0.408 e. The second-order valence-corrected chi connectivity index (χ2v) is 8.58. The van der Waals surface area contributed by atoms with Crippen molar-refractivity contribution in [3.63, 3.8) is 0 Å². The highest BCUT2D eigenvalue weighted by Gasteiger charge is 2.40. The summed E-state index contributed by atoms with van der Waals surface area (Å²) in [6.45, 7) is 7.49. The van der Waals surface area contributed by atoms with Gasteiger partial charge in [0.1, 0.15) is 5.60 Å². The zero-order chi connectivity index (χ0) is 17.0. The monoisotopic (exact) mass is 326 g/mol. The first-order chi connectivity index (χ1) is 10.8. The molecular formula is C18H34N2O3. The number of aliphatic hydroxyl groups is 1. The molecule has 0 heterocycles. The molecule has 0 radical (unpaired) electrons. The van der Waals surface area contributed by atoms with Crippen LogP contribution in [0.2, 0.25) is 0 Å². The van der Waals surface area contributed by atoms with Crippen LogP contribution in [0.5, 0.6) is 0 Å². The van der Waals surface area contributed by atoms with Gasteiger partial charge in [0.2, 0.25) is 0 Å². The van der Waals surface area contributed by atoms with Crippen molar-refractivity contribution in [2.24, 2.45) is 5.41 Å². The highest BCUT2D eigenvalue weighted by molar-refractivity contribution is 5.69. The van der Waals surface area contributed by atoms with Crippen LogP contribution in [0.15, 0.2) is 0 Å². The minimum absolute atomic E-state index is 0.0368. The molecule has 0 aromatic heterocycles. The minimum Gasteiger partial charge on any atom is -0.444 e. The summed E-state index contributed by atoms with van der Waals surface area (Å²) in [5.74, 6) is 0. The van der Waals surface area contributed by atoms with Crippen LogP contribution in [0.1, 0.15) is 72.1 Å². The van der Waals surface area contributed by atoms with E-state index < -0.39 is 5.60 Å². The number of amides is 1. The first kappa shape index (κ1) is 18.5. The van der Waals surface area contributed by atoms with Crippen LogP contribution >= 0.6 is 0 Å². The summed E-state index contributed by atoms with van der Waals surface area (Å²) >= 11 is 0. The van der Waals surface area contributed by atoms with Crippen molar-refractivity contribution in [2.75, 3.05) is 19.7 Å². The molecule has 0 aliphatic heterocycles. The van der Waals surface area contributed by atoms with Crippen molar-refractivity contribution in [1.82, 2.24) is 10.6 Å². The Hall–Kier alpha value is -0.810. The summed E-state index contributed by atoms with van der Waals surface area (Å²) in [5, 5.41) is 16.4. The van der Waals surface area contributed by atoms with E-state index in [-0.39, 0.29) is 23.7 Å². The van der Waals surface area contributed by atoms with Gasteiger partial charge in [-0.1, -0.05) is 19.3 Å². The number of carbonyl (C=O) groups is 1. The summed E-state index contributed by atoms with van der Waals surface area (Å²) in [4.78, 5) is 12.0. The average molecular weight is 326 g/mol. The minimum atomic E-state index is -0.467. The summed E-state index contributed by atoms with van der Waals surface area (Å²) in [6, 6.07) is 0. The van der Waals surface area contributed by atoms with Gasteiger partial charge in [0, 0.05) is 25.1 Å². The molecule has 0 atom stereocenters. The summed E-state index contributed by atoms with van der Waals surface area (Å²) in [6.07, 6.45) is 8.71. The molecular weight excluding hydrogens is 292 g/mol. The number of hydrogen-bond donors (Lipinski definition) is 3. The average Bonchev–Trinajstić information content (AvgIpc) is 2.43. The Balaban J connectivity index is 1.81. The number of aliphatic hydroxyl groups excluding tert-OH is 1. The predicted molar refractivity (Wildman–Crippen MR) is 91.4 cm³/mol. The third kappa shape index (κ3) is 5.35. The van der Waals surface area contributed by atoms with Crippen LogP contribution in [0.25, 0.3) is 0 Å². The SMILES string of the molecule is CC(C)(C)OC(=O)NC1(CNCC2(CO)CCCCC2)CCC1. The Labute approximate surface area is 140 Å². The van der Waals surface area contributed by atoms with Gasteiger partial charge in [0.05, 0.1) is 5.54 Å². The topological polar surface area (TPSA) is 70.6 Å². The van der Waals surface area contributed by atoms with Crippen LogP contribution in [-0.2, 0) is 4.74 Å². The highest BCUT2D eigenvalue weighted by atomic mass is 16.6. The lowest BCUT2D eigenvalue weighted by Gasteiger charge is -2.44. The van der Waals surface area contributed by atoms with Crippen LogP contribution in [0, 0.1) is 5.41 Å². The molecule has 0 aromatic carbocycles. The van der Waals surface area contributed by atoms with Crippen LogP contribution in [0.3, 0.4) is 0 Å². The lowest BCUT2D eigenvalue weighted by Crippen LogP contribution is -2.60. The zero-order valence-corrected chi connectivity index (χ0v) is 15.0. The molecule has 0 spiro atoms. The van der Waals surface area contributed by atoms with E-state index in [0.717, 1.165) is 45.2 Å². The zero-order valence-electron chi connectivity index (χ0n) is 15.0. The van der Waals surface area contributed by atoms with E-state index in [1.54, 1.807) is 0 Å². The largest absolute Gasteiger partial charge is 0.444 e. The molecule has 2 rings (SSSR count). The first-order valence-corrected chi connectivity index (χ1v) is 9.11. The standard InChI is InChI=1S/C18H34N2O3/c1-16(2,3)23-15(22)20-18(10-7-11-18)13-19-12-17(14-21)8-5-4-6-9-17/h19,21H,4-14H2,1-3H3,(H,20,22). The number of alkyl carbamates (subject to hydrolysis) is 1. The van der Waals surface area contributed by atoms with Crippen molar-refractivity contribution in [2.45, 2.75) is 83.3 Å². The lowest BCUT2D eigenvalue weighted by atomic mass is 9.73. The van der Waals surface area contributed by atoms with Crippen molar-refractivity contribution in [1.29, 1.82) is 0 Å². The van der Waals surface area contributed by atoms with E-state index in [0.29, 0.717) is 0 Å². The van der Waals surface area contributed by atoms with Gasteiger partial charge >= 0.3 is 6.09 Å². The third-order valence-electron chi connectivity index (χ3n) is 5.29. The van der Waals surface area contributed by atoms with E-state index in [9.17, 15) is 9.90 Å². The fourth-order valence-corrected chi connectivity index (χ4v) is 3.73. The van der Waals surface area contributed by atoms with E-state index in [1.165, 1.54) is 19.3 Å². The van der Waals surface area contributed by atoms with Crippen molar-refractivity contribution in [3.05, 3.63) is 0 Å². The summed E-state index contributed by atoms with van der Waals surface area (Å²) in [5.41, 5.74) is -0.603. The van der Waals surface area contributed by atoms with Gasteiger partial charge in [0.15, 0.2) is 0 Å². The molecule has 5 nitrogen and oxygen atoms in total. The molecule has 5 heteroatoms. The fraction of sp³-hybridized carbons (Fsp3) is 0.944. The third-order valence-corrected chi connectivity index (χ3v) is 5.29. The van der Waals surface area contributed by atoms with Gasteiger partial charge in [-0.25, -0.2) is 4.79 Å². The Morgan fingerprint density at radius 3 is 2.17 bits per heavy atom. The van der Waals surface area contributed by atoms with Crippen LogP contribution < -0.4 is 10.6 Å². The Morgan fingerprint density at radius 1 is 1.04 bits per heavy atom. The Bertz CT molecular complexity index is 394.